The first-order valence-electron chi connectivity index (χ1n) is 20.3. The fourth-order valence-electron chi connectivity index (χ4n) is 11.4. The van der Waals surface area contributed by atoms with Crippen LogP contribution >= 0.6 is 0 Å². The number of ether oxygens (including phenoxy) is 1. The molecule has 1 aliphatic heterocycles. The number of nitrogens with zero attached hydrogens (tertiary/aromatic N) is 1. The molecule has 0 aromatic carbocycles. The SMILES string of the molecule is CCCC(CC)CCC(=O)NC1CCCC(C2CCCC(CN3O[C@@H](CO)[C@H]([C@H](C)O)[C@H]3C(=O)N[C@H]3C[C@H]4C[C@@H]([C@@H]3C)C4(C)C)C2OC)C1. The highest BCUT2D eigenvalue weighted by atomic mass is 16.7. The fraction of sp³-hybridized carbons (Fsp3) is 0.950. The second-order valence-corrected chi connectivity index (χ2v) is 17.6. The molecule has 49 heavy (non-hydrogen) atoms. The summed E-state index contributed by atoms with van der Waals surface area (Å²) in [5.41, 5.74) is 0.330. The molecule has 282 valence electrons. The first-order chi connectivity index (χ1) is 23.4. The lowest BCUT2D eigenvalue weighted by Crippen LogP contribution is -2.62. The zero-order valence-corrected chi connectivity index (χ0v) is 31.9. The van der Waals surface area contributed by atoms with E-state index in [9.17, 15) is 19.8 Å². The van der Waals surface area contributed by atoms with Crippen LogP contribution in [0.3, 0.4) is 0 Å². The summed E-state index contributed by atoms with van der Waals surface area (Å²) in [6.45, 7) is 13.5. The smallest absolute Gasteiger partial charge is 0.240 e. The normalized spacial score (nSPS) is 40.3. The van der Waals surface area contributed by atoms with Crippen molar-refractivity contribution in [3.8, 4) is 0 Å². The highest BCUT2D eigenvalue weighted by Gasteiger charge is 2.57. The van der Waals surface area contributed by atoms with Crippen molar-refractivity contribution in [1.82, 2.24) is 15.7 Å². The summed E-state index contributed by atoms with van der Waals surface area (Å²) in [5.74, 6) is 2.88. The van der Waals surface area contributed by atoms with Gasteiger partial charge in [-0.1, -0.05) is 66.7 Å². The van der Waals surface area contributed by atoms with Crippen LogP contribution in [0.2, 0.25) is 0 Å². The Morgan fingerprint density at radius 2 is 1.80 bits per heavy atom. The van der Waals surface area contributed by atoms with E-state index in [4.69, 9.17) is 9.57 Å². The molecule has 6 aliphatic rings. The van der Waals surface area contributed by atoms with Crippen LogP contribution in [-0.2, 0) is 19.2 Å². The van der Waals surface area contributed by atoms with Crippen molar-refractivity contribution in [2.45, 2.75) is 168 Å². The molecule has 4 N–H and O–H groups in total. The third-order valence-electron chi connectivity index (χ3n) is 14.5. The minimum Gasteiger partial charge on any atom is -0.394 e. The Hall–Kier alpha value is -1.26. The maximum atomic E-state index is 14.2. The molecule has 2 bridgehead atoms. The van der Waals surface area contributed by atoms with Gasteiger partial charge in [0.1, 0.15) is 12.1 Å². The molecule has 5 aliphatic carbocycles. The number of nitrogens with one attached hydrogen (secondary N) is 2. The number of amides is 2. The van der Waals surface area contributed by atoms with Gasteiger partial charge in [0.2, 0.25) is 11.8 Å². The molecule has 14 atom stereocenters. The maximum Gasteiger partial charge on any atom is 0.240 e. The first-order valence-corrected chi connectivity index (χ1v) is 20.3. The van der Waals surface area contributed by atoms with Crippen LogP contribution in [0.5, 0.6) is 0 Å². The lowest BCUT2D eigenvalue weighted by molar-refractivity contribution is -0.193. The lowest BCUT2D eigenvalue weighted by Gasteiger charge is -2.62. The van der Waals surface area contributed by atoms with E-state index in [1.807, 2.05) is 7.11 Å². The summed E-state index contributed by atoms with van der Waals surface area (Å²) < 4.78 is 6.32. The summed E-state index contributed by atoms with van der Waals surface area (Å²) in [6, 6.07) is -0.336. The summed E-state index contributed by atoms with van der Waals surface area (Å²) in [4.78, 5) is 33.5. The van der Waals surface area contributed by atoms with Crippen molar-refractivity contribution in [1.29, 1.82) is 0 Å². The predicted molar refractivity (Wildman–Crippen MR) is 192 cm³/mol. The average Bonchev–Trinajstić information content (AvgIpc) is 3.46. The Morgan fingerprint density at radius 1 is 1.04 bits per heavy atom. The predicted octanol–water partition coefficient (Wildman–Crippen LogP) is 5.86. The molecule has 0 radical (unpaired) electrons. The lowest BCUT2D eigenvalue weighted by atomic mass is 9.45. The van der Waals surface area contributed by atoms with Crippen LogP contribution < -0.4 is 10.6 Å². The van der Waals surface area contributed by atoms with Crippen molar-refractivity contribution < 1.29 is 29.4 Å². The van der Waals surface area contributed by atoms with E-state index in [0.717, 1.165) is 64.2 Å². The number of hydrogen-bond donors (Lipinski definition) is 4. The minimum absolute atomic E-state index is 0.0192. The Balaban J connectivity index is 1.23. The molecule has 0 spiro atoms. The van der Waals surface area contributed by atoms with Gasteiger partial charge in [0, 0.05) is 44.0 Å². The monoisotopic (exact) mass is 690 g/mol. The summed E-state index contributed by atoms with van der Waals surface area (Å²) in [6.07, 6.45) is 13.4. The van der Waals surface area contributed by atoms with Gasteiger partial charge in [0.05, 0.1) is 18.8 Å². The molecule has 1 heterocycles. The Labute approximate surface area is 297 Å². The van der Waals surface area contributed by atoms with Crippen molar-refractivity contribution in [2.24, 2.45) is 52.8 Å². The van der Waals surface area contributed by atoms with Crippen LogP contribution in [0.1, 0.15) is 131 Å². The van der Waals surface area contributed by atoms with E-state index >= 15 is 0 Å². The van der Waals surface area contributed by atoms with Gasteiger partial charge in [0.15, 0.2) is 0 Å². The van der Waals surface area contributed by atoms with E-state index < -0.39 is 24.2 Å². The number of rotatable bonds is 15. The van der Waals surface area contributed by atoms with Gasteiger partial charge in [-0.25, -0.2) is 0 Å². The van der Waals surface area contributed by atoms with Crippen molar-refractivity contribution in [2.75, 3.05) is 20.3 Å². The number of hydroxylamine groups is 2. The second kappa shape index (κ2) is 17.0. The van der Waals surface area contributed by atoms with Crippen LogP contribution in [0, 0.1) is 52.8 Å². The van der Waals surface area contributed by atoms with Crippen molar-refractivity contribution >= 4 is 11.8 Å². The number of carbonyl (C=O) groups excluding carboxylic acids is 2. The van der Waals surface area contributed by atoms with E-state index in [1.54, 1.807) is 12.0 Å². The summed E-state index contributed by atoms with van der Waals surface area (Å²) in [5, 5.41) is 29.9. The molecule has 9 nitrogen and oxygen atoms in total. The van der Waals surface area contributed by atoms with Crippen LogP contribution in [0.25, 0.3) is 0 Å². The quantitative estimate of drug-likeness (QED) is 0.170. The van der Waals surface area contributed by atoms with Crippen LogP contribution in [-0.4, -0.2) is 83.8 Å². The number of fused-ring (bicyclic) bond motifs is 2. The Kier molecular flexibility index (Phi) is 13.6. The molecule has 6 fully saturated rings. The van der Waals surface area contributed by atoms with E-state index in [1.165, 1.54) is 19.3 Å². The fourth-order valence-corrected chi connectivity index (χ4v) is 11.4. The first kappa shape index (κ1) is 39.0. The number of methoxy groups -OCH3 is 1. The molecular weight excluding hydrogens is 618 g/mol. The van der Waals surface area contributed by atoms with Gasteiger partial charge in [-0.2, -0.15) is 5.06 Å². The molecule has 6 unspecified atom stereocenters. The number of aliphatic hydroxyl groups is 2. The molecule has 1 saturated heterocycles. The number of aliphatic hydroxyl groups excluding tert-OH is 2. The van der Waals surface area contributed by atoms with E-state index in [2.05, 4.69) is 45.3 Å². The standard InChI is InChI=1S/C40H71N3O6/c1-8-12-26(9-2)17-18-35(46)41-30-15-10-13-27(19-30)31-16-11-14-28(38(31)48-7)22-43-37(36(25(4)45)34(23-44)49-43)39(47)42-33-21-29-20-32(24(33)3)40(29,5)6/h24-34,36-38,44-45H,8-23H2,1-7H3,(H,41,46)(H,42,47)/t24-,25-,26?,27?,28?,29+,30?,31?,32-,33-,34-,36-,37-,38?/m0/s1. The molecule has 2 amide bonds. The largest absolute Gasteiger partial charge is 0.394 e. The second-order valence-electron chi connectivity index (χ2n) is 17.6. The zero-order chi connectivity index (χ0) is 35.5. The van der Waals surface area contributed by atoms with Gasteiger partial charge < -0.3 is 25.6 Å². The Morgan fingerprint density at radius 3 is 2.43 bits per heavy atom. The molecule has 5 saturated carbocycles. The average molecular weight is 690 g/mol. The van der Waals surface area contributed by atoms with Gasteiger partial charge in [-0.3, -0.25) is 14.4 Å². The number of hydrogen-bond acceptors (Lipinski definition) is 7. The highest BCUT2D eigenvalue weighted by molar-refractivity contribution is 5.83. The maximum absolute atomic E-state index is 14.2. The molecule has 0 aromatic rings. The van der Waals surface area contributed by atoms with E-state index in [-0.39, 0.29) is 42.5 Å². The molecule has 9 heteroatoms. The molecule has 0 aromatic heterocycles. The summed E-state index contributed by atoms with van der Waals surface area (Å²) >= 11 is 0. The van der Waals surface area contributed by atoms with Crippen molar-refractivity contribution in [3.05, 3.63) is 0 Å². The van der Waals surface area contributed by atoms with Crippen LogP contribution in [0.4, 0.5) is 0 Å². The highest BCUT2D eigenvalue weighted by Crippen LogP contribution is 2.61. The van der Waals surface area contributed by atoms with Gasteiger partial charge in [0.25, 0.3) is 0 Å². The third kappa shape index (κ3) is 8.53. The van der Waals surface area contributed by atoms with Crippen molar-refractivity contribution in [3.63, 3.8) is 0 Å². The molecular formula is C40H71N3O6. The van der Waals surface area contributed by atoms with Gasteiger partial charge in [-0.05, 0) is 99.2 Å². The third-order valence-corrected chi connectivity index (χ3v) is 14.5. The Bertz CT molecular complexity index is 1090. The van der Waals surface area contributed by atoms with Gasteiger partial charge >= 0.3 is 0 Å². The van der Waals surface area contributed by atoms with E-state index in [0.29, 0.717) is 53.9 Å². The zero-order valence-electron chi connectivity index (χ0n) is 31.9. The van der Waals surface area contributed by atoms with Gasteiger partial charge in [-0.15, -0.1) is 0 Å². The molecule has 6 rings (SSSR count). The van der Waals surface area contributed by atoms with Crippen LogP contribution in [0.15, 0.2) is 0 Å². The topological polar surface area (TPSA) is 120 Å². The summed E-state index contributed by atoms with van der Waals surface area (Å²) in [7, 11) is 1.82. The minimum atomic E-state index is -0.805. The number of carbonyl (C=O) groups is 2.